The summed E-state index contributed by atoms with van der Waals surface area (Å²) in [5.74, 6) is -0.632. The Kier molecular flexibility index (Phi) is 4.78. The average Bonchev–Trinajstić information content (AvgIpc) is 2.37. The third-order valence-corrected chi connectivity index (χ3v) is 5.93. The number of hydrogen-bond acceptors (Lipinski definition) is 2. The predicted octanol–water partition coefficient (Wildman–Crippen LogP) is 4.06. The number of nitrogens with zero attached hydrogens (tertiary/aromatic N) is 1. The average molecular weight is 281 g/mol. The van der Waals surface area contributed by atoms with Gasteiger partial charge in [0.15, 0.2) is 0 Å². The third-order valence-electron chi connectivity index (χ3n) is 5.93. The van der Waals surface area contributed by atoms with Gasteiger partial charge >= 0.3 is 5.97 Å². The first-order chi connectivity index (χ1) is 9.37. The minimum atomic E-state index is -0.632. The van der Waals surface area contributed by atoms with Crippen LogP contribution in [0.5, 0.6) is 0 Å². The molecule has 0 radical (unpaired) electrons. The Morgan fingerprint density at radius 1 is 1.10 bits per heavy atom. The van der Waals surface area contributed by atoms with E-state index in [9.17, 15) is 9.90 Å². The summed E-state index contributed by atoms with van der Waals surface area (Å²) in [7, 11) is 2.20. The molecule has 3 heteroatoms. The lowest BCUT2D eigenvalue weighted by Gasteiger charge is -2.53. The van der Waals surface area contributed by atoms with E-state index in [0.717, 1.165) is 12.8 Å². The number of carboxylic acid groups (broad SMARTS) is 1. The fourth-order valence-electron chi connectivity index (χ4n) is 4.67. The molecular weight excluding hydrogens is 250 g/mol. The molecule has 0 spiro atoms. The maximum absolute atomic E-state index is 11.4. The molecule has 0 heterocycles. The van der Waals surface area contributed by atoms with Crippen LogP contribution in [-0.4, -0.2) is 34.6 Å². The molecule has 1 atom stereocenters. The van der Waals surface area contributed by atoms with Gasteiger partial charge in [0, 0.05) is 11.6 Å². The first-order valence-corrected chi connectivity index (χ1v) is 8.32. The number of aliphatic carboxylic acids is 1. The lowest BCUT2D eigenvalue weighted by molar-refractivity contribution is -0.143. The Labute approximate surface area is 123 Å². The van der Waals surface area contributed by atoms with Gasteiger partial charge < -0.3 is 5.11 Å². The first-order valence-electron chi connectivity index (χ1n) is 8.32. The van der Waals surface area contributed by atoms with Gasteiger partial charge in [-0.05, 0) is 38.1 Å². The van der Waals surface area contributed by atoms with Gasteiger partial charge in [-0.15, -0.1) is 0 Å². The van der Waals surface area contributed by atoms with E-state index in [-0.39, 0.29) is 5.54 Å². The maximum atomic E-state index is 11.4. The maximum Gasteiger partial charge on any atom is 0.305 e. The van der Waals surface area contributed by atoms with Crippen LogP contribution in [0.25, 0.3) is 0 Å². The summed E-state index contributed by atoms with van der Waals surface area (Å²) >= 11 is 0. The Morgan fingerprint density at radius 3 is 2.25 bits per heavy atom. The van der Waals surface area contributed by atoms with Crippen molar-refractivity contribution in [1.82, 2.24) is 4.90 Å². The predicted molar refractivity (Wildman–Crippen MR) is 81.9 cm³/mol. The molecule has 2 fully saturated rings. The number of hydrogen-bond donors (Lipinski definition) is 1. The second-order valence-corrected chi connectivity index (χ2v) is 7.72. The number of rotatable bonds is 4. The lowest BCUT2D eigenvalue weighted by atomic mass is 9.69. The van der Waals surface area contributed by atoms with E-state index in [1.807, 2.05) is 0 Å². The molecule has 0 amide bonds. The van der Waals surface area contributed by atoms with Crippen molar-refractivity contribution in [3.05, 3.63) is 0 Å². The second-order valence-electron chi connectivity index (χ2n) is 7.72. The van der Waals surface area contributed by atoms with Crippen molar-refractivity contribution in [2.24, 2.45) is 5.41 Å². The highest BCUT2D eigenvalue weighted by molar-refractivity contribution is 5.68. The van der Waals surface area contributed by atoms with Crippen LogP contribution in [0.2, 0.25) is 0 Å². The van der Waals surface area contributed by atoms with E-state index in [0.29, 0.717) is 17.9 Å². The van der Waals surface area contributed by atoms with E-state index in [1.54, 1.807) is 0 Å². The van der Waals surface area contributed by atoms with Crippen LogP contribution in [0, 0.1) is 5.41 Å². The van der Waals surface area contributed by atoms with Crippen LogP contribution in [0.1, 0.15) is 78.1 Å². The van der Waals surface area contributed by atoms with Crippen molar-refractivity contribution < 1.29 is 9.90 Å². The van der Waals surface area contributed by atoms with Crippen molar-refractivity contribution in [1.29, 1.82) is 0 Å². The highest BCUT2D eigenvalue weighted by atomic mass is 16.4. The standard InChI is InChI=1S/C17H31NO2/c1-16(2)10-8-5-9-14(16)18(3)17(13-15(19)20)11-6-4-7-12-17/h14H,4-13H2,1-3H3,(H,19,20). The van der Waals surface area contributed by atoms with Crippen LogP contribution >= 0.6 is 0 Å². The Bertz CT molecular complexity index is 345. The minimum Gasteiger partial charge on any atom is -0.481 e. The van der Waals surface area contributed by atoms with Crippen LogP contribution < -0.4 is 0 Å². The second kappa shape index (κ2) is 6.05. The highest BCUT2D eigenvalue weighted by Crippen LogP contribution is 2.45. The van der Waals surface area contributed by atoms with Crippen molar-refractivity contribution in [2.75, 3.05) is 7.05 Å². The van der Waals surface area contributed by atoms with Crippen LogP contribution in [0.4, 0.5) is 0 Å². The minimum absolute atomic E-state index is 0.0939. The highest BCUT2D eigenvalue weighted by Gasteiger charge is 2.45. The van der Waals surface area contributed by atoms with Gasteiger partial charge in [0.05, 0.1) is 6.42 Å². The molecule has 0 aromatic rings. The molecular formula is C17H31NO2. The van der Waals surface area contributed by atoms with Crippen molar-refractivity contribution in [2.45, 2.75) is 89.6 Å². The van der Waals surface area contributed by atoms with Crippen molar-refractivity contribution in [3.8, 4) is 0 Å². The zero-order valence-electron chi connectivity index (χ0n) is 13.5. The number of carbonyl (C=O) groups is 1. The summed E-state index contributed by atoms with van der Waals surface area (Å²) in [6.45, 7) is 4.73. The molecule has 2 rings (SSSR count). The van der Waals surface area contributed by atoms with Gasteiger partial charge in [0.2, 0.25) is 0 Å². The quantitative estimate of drug-likeness (QED) is 0.844. The van der Waals surface area contributed by atoms with Crippen LogP contribution in [-0.2, 0) is 4.79 Å². The summed E-state index contributed by atoms with van der Waals surface area (Å²) in [4.78, 5) is 13.9. The Balaban J connectivity index is 2.20. The molecule has 2 aliphatic carbocycles. The summed E-state index contributed by atoms with van der Waals surface area (Å²) in [6, 6.07) is 0.536. The zero-order valence-corrected chi connectivity index (χ0v) is 13.5. The molecule has 2 saturated carbocycles. The molecule has 1 N–H and O–H groups in total. The lowest BCUT2D eigenvalue weighted by Crippen LogP contribution is -2.58. The molecule has 3 nitrogen and oxygen atoms in total. The summed E-state index contributed by atoms with van der Waals surface area (Å²) in [5.41, 5.74) is 0.222. The van der Waals surface area contributed by atoms with Gasteiger partial charge in [0.25, 0.3) is 0 Å². The Hall–Kier alpha value is -0.570. The van der Waals surface area contributed by atoms with Crippen molar-refractivity contribution >= 4 is 5.97 Å². The molecule has 0 bridgehead atoms. The fourth-order valence-corrected chi connectivity index (χ4v) is 4.67. The largest absolute Gasteiger partial charge is 0.481 e. The van der Waals surface area contributed by atoms with Gasteiger partial charge in [0.1, 0.15) is 0 Å². The third kappa shape index (κ3) is 3.19. The fraction of sp³-hybridized carbons (Fsp3) is 0.941. The van der Waals surface area contributed by atoms with E-state index in [1.165, 1.54) is 44.9 Å². The van der Waals surface area contributed by atoms with Crippen LogP contribution in [0.15, 0.2) is 0 Å². The topological polar surface area (TPSA) is 40.5 Å². The summed E-state index contributed by atoms with van der Waals surface area (Å²) < 4.78 is 0. The monoisotopic (exact) mass is 281 g/mol. The van der Waals surface area contributed by atoms with Gasteiger partial charge in [-0.1, -0.05) is 46.0 Å². The zero-order chi connectivity index (χ0) is 14.8. The van der Waals surface area contributed by atoms with E-state index < -0.39 is 5.97 Å². The molecule has 2 aliphatic rings. The van der Waals surface area contributed by atoms with Gasteiger partial charge in [-0.25, -0.2) is 0 Å². The molecule has 20 heavy (non-hydrogen) atoms. The molecule has 0 aromatic heterocycles. The van der Waals surface area contributed by atoms with E-state index in [4.69, 9.17) is 0 Å². The van der Waals surface area contributed by atoms with Gasteiger partial charge in [-0.3, -0.25) is 9.69 Å². The normalized spacial score (nSPS) is 29.3. The van der Waals surface area contributed by atoms with Crippen molar-refractivity contribution in [3.63, 3.8) is 0 Å². The van der Waals surface area contributed by atoms with Crippen LogP contribution in [0.3, 0.4) is 0 Å². The number of carboxylic acids is 1. The molecule has 0 saturated heterocycles. The van der Waals surface area contributed by atoms with E-state index in [2.05, 4.69) is 25.8 Å². The molecule has 0 aliphatic heterocycles. The molecule has 116 valence electrons. The first kappa shape index (κ1) is 15.8. The molecule has 1 unspecified atom stereocenters. The Morgan fingerprint density at radius 2 is 1.70 bits per heavy atom. The smallest absolute Gasteiger partial charge is 0.305 e. The van der Waals surface area contributed by atoms with E-state index >= 15 is 0 Å². The van der Waals surface area contributed by atoms with Gasteiger partial charge in [-0.2, -0.15) is 0 Å². The SMILES string of the molecule is CN(C1CCCCC1(C)C)C1(CC(=O)O)CCCCC1. The summed E-state index contributed by atoms with van der Waals surface area (Å²) in [5, 5.41) is 9.38. The molecule has 0 aromatic carbocycles. The summed E-state index contributed by atoms with van der Waals surface area (Å²) in [6.07, 6.45) is 11.2.